The van der Waals surface area contributed by atoms with E-state index in [-0.39, 0.29) is 38.6 Å². The topological polar surface area (TPSA) is 111 Å². The lowest BCUT2D eigenvalue weighted by atomic mass is 10.1. The molecule has 408 valence electrons. The molecule has 0 bridgehead atoms. The van der Waals surface area contributed by atoms with Gasteiger partial charge in [-0.2, -0.15) is 0 Å². The summed E-state index contributed by atoms with van der Waals surface area (Å²) in [5.74, 6) is -2.33. The number of carbonyl (C=O) groups excluding carboxylic acids is 3. The fourth-order valence-corrected chi connectivity index (χ4v) is 7.11. The van der Waals surface area contributed by atoms with E-state index in [2.05, 4.69) is 135 Å². The summed E-state index contributed by atoms with van der Waals surface area (Å²) in [5, 5.41) is 11.7. The number of allylic oxidation sites excluding steroid dienone is 20. The number of esters is 2. The van der Waals surface area contributed by atoms with Crippen LogP contribution in [0.15, 0.2) is 122 Å². The number of unbranched alkanes of at least 4 members (excludes halogenated alkanes) is 15. The molecule has 0 spiro atoms. The maximum absolute atomic E-state index is 12.8. The maximum Gasteiger partial charge on any atom is 0.306 e. The monoisotopic (exact) mass is 1000 g/mol. The van der Waals surface area contributed by atoms with Gasteiger partial charge in [0.25, 0.3) is 0 Å². The van der Waals surface area contributed by atoms with Crippen molar-refractivity contribution in [3.05, 3.63) is 122 Å². The van der Waals surface area contributed by atoms with E-state index in [0.29, 0.717) is 17.4 Å². The van der Waals surface area contributed by atoms with E-state index in [1.54, 1.807) is 0 Å². The molecule has 0 aromatic carbocycles. The fourth-order valence-electron chi connectivity index (χ4n) is 7.11. The Morgan fingerprint density at radius 2 is 0.792 bits per heavy atom. The van der Waals surface area contributed by atoms with Crippen molar-refractivity contribution in [2.24, 2.45) is 0 Å². The summed E-state index contributed by atoms with van der Waals surface area (Å²) in [5.41, 5.74) is 0. The second-order valence-corrected chi connectivity index (χ2v) is 19.5. The predicted octanol–water partition coefficient (Wildman–Crippen LogP) is 15.2. The van der Waals surface area contributed by atoms with Crippen molar-refractivity contribution in [2.45, 2.75) is 212 Å². The van der Waals surface area contributed by atoms with Crippen molar-refractivity contribution >= 4 is 17.9 Å². The molecule has 0 radical (unpaired) electrons. The van der Waals surface area contributed by atoms with E-state index < -0.39 is 24.3 Å². The Balaban J connectivity index is 4.24. The summed E-state index contributed by atoms with van der Waals surface area (Å²) in [6, 6.07) is 0. The minimum atomic E-state index is -1.63. The van der Waals surface area contributed by atoms with Crippen LogP contribution in [-0.2, 0) is 33.3 Å². The quantitative estimate of drug-likeness (QED) is 0.0195. The highest BCUT2D eigenvalue weighted by Gasteiger charge is 2.22. The van der Waals surface area contributed by atoms with Gasteiger partial charge < -0.3 is 33.3 Å². The molecule has 0 aromatic rings. The molecule has 0 aromatic heterocycles. The normalized spacial score (nSPS) is 13.7. The highest BCUT2D eigenvalue weighted by atomic mass is 16.7. The van der Waals surface area contributed by atoms with Gasteiger partial charge in [-0.3, -0.25) is 9.59 Å². The van der Waals surface area contributed by atoms with Gasteiger partial charge in [-0.1, -0.05) is 200 Å². The third-order valence-electron chi connectivity index (χ3n) is 11.4. The molecule has 0 amide bonds. The standard InChI is InChI=1S/C63H103NO8/c1-6-8-10-12-14-16-18-20-21-22-23-24-25-26-27-28-29-30-31-32-33-34-35-36-37-38-39-40-41-42-44-46-48-50-52-54-61(66)72-59(58-71-63(62(67)68)69-56-55-64(3,4)5)57-70-60(65)53-51-49-47-45-43-19-17-15-13-11-9-7-2/h8,10,14-17,20-21,23-24,26-27,29-30,32-33,35-36,38-39,59,63H,6-7,9,11-13,18-19,22,25,28,31,34,37,40-58H2,1-5H3/b10-8-,16-14-,17-15-,21-20-,24-23-,27-26-,30-29-,33-32-,36-35-,39-38-. The Hall–Kier alpha value is -4.31. The number of nitrogens with zero attached hydrogens (tertiary/aromatic N) is 1. The number of aliphatic carboxylic acids is 1. The van der Waals surface area contributed by atoms with Crippen LogP contribution in [0.1, 0.15) is 200 Å². The molecule has 2 unspecified atom stereocenters. The number of rotatable bonds is 50. The number of hydrogen-bond donors (Lipinski definition) is 0. The van der Waals surface area contributed by atoms with Crippen molar-refractivity contribution in [1.82, 2.24) is 0 Å². The van der Waals surface area contributed by atoms with Crippen LogP contribution in [0, 0.1) is 0 Å². The molecule has 0 fully saturated rings. The van der Waals surface area contributed by atoms with E-state index in [9.17, 15) is 19.5 Å². The molecule has 0 aliphatic carbocycles. The Morgan fingerprint density at radius 3 is 1.19 bits per heavy atom. The van der Waals surface area contributed by atoms with Gasteiger partial charge in [0.05, 0.1) is 40.3 Å². The van der Waals surface area contributed by atoms with Gasteiger partial charge in [0.15, 0.2) is 12.4 Å². The average Bonchev–Trinajstić information content (AvgIpc) is 3.35. The molecule has 0 saturated heterocycles. The zero-order valence-corrected chi connectivity index (χ0v) is 46.2. The van der Waals surface area contributed by atoms with Gasteiger partial charge in [-0.05, 0) is 109 Å². The van der Waals surface area contributed by atoms with Crippen molar-refractivity contribution < 1.29 is 42.9 Å². The van der Waals surface area contributed by atoms with Crippen molar-refractivity contribution in [2.75, 3.05) is 47.5 Å². The van der Waals surface area contributed by atoms with Gasteiger partial charge >= 0.3 is 11.9 Å². The van der Waals surface area contributed by atoms with E-state index in [1.165, 1.54) is 38.5 Å². The zero-order valence-electron chi connectivity index (χ0n) is 46.2. The first-order valence-corrected chi connectivity index (χ1v) is 28.2. The second kappa shape index (κ2) is 53.0. The van der Waals surface area contributed by atoms with E-state index in [4.69, 9.17) is 18.9 Å². The predicted molar refractivity (Wildman–Crippen MR) is 301 cm³/mol. The highest BCUT2D eigenvalue weighted by molar-refractivity contribution is 5.70. The van der Waals surface area contributed by atoms with Crippen molar-refractivity contribution in [1.29, 1.82) is 0 Å². The summed E-state index contributed by atoms with van der Waals surface area (Å²) >= 11 is 0. The Morgan fingerprint density at radius 1 is 0.431 bits per heavy atom. The van der Waals surface area contributed by atoms with Crippen LogP contribution in [0.5, 0.6) is 0 Å². The Kier molecular flexibility index (Phi) is 49.8. The van der Waals surface area contributed by atoms with E-state index in [0.717, 1.165) is 128 Å². The Labute approximate surface area is 440 Å². The van der Waals surface area contributed by atoms with E-state index >= 15 is 0 Å². The SMILES string of the molecule is CC/C=C\C/C=C\C/C=C\C/C=C\C/C=C\C/C=C\C/C=C\C/C=C\C/C=C\CCCCCCCCCC(=O)OC(COC(=O)CCCCCCC/C=C\CCCCC)COC(OCC[N+](C)(C)C)C(=O)[O-]. The first-order chi connectivity index (χ1) is 35.1. The summed E-state index contributed by atoms with van der Waals surface area (Å²) in [4.78, 5) is 37.1. The minimum Gasteiger partial charge on any atom is -0.545 e. The summed E-state index contributed by atoms with van der Waals surface area (Å²) in [6.45, 7) is 4.56. The lowest BCUT2D eigenvalue weighted by Gasteiger charge is -2.26. The molecule has 72 heavy (non-hydrogen) atoms. The third kappa shape index (κ3) is 53.5. The van der Waals surface area contributed by atoms with Gasteiger partial charge in [0.2, 0.25) is 0 Å². The second-order valence-electron chi connectivity index (χ2n) is 19.5. The summed E-state index contributed by atoms with van der Waals surface area (Å²) in [6.07, 6.45) is 71.1. The number of carbonyl (C=O) groups is 3. The number of quaternary nitrogens is 1. The molecule has 0 aliphatic heterocycles. The third-order valence-corrected chi connectivity index (χ3v) is 11.4. The van der Waals surface area contributed by atoms with Crippen LogP contribution < -0.4 is 5.11 Å². The number of ether oxygens (including phenoxy) is 4. The molecule has 0 saturated carbocycles. The van der Waals surface area contributed by atoms with Crippen LogP contribution in [0.2, 0.25) is 0 Å². The zero-order chi connectivity index (χ0) is 52.7. The largest absolute Gasteiger partial charge is 0.545 e. The van der Waals surface area contributed by atoms with Gasteiger partial charge in [-0.15, -0.1) is 0 Å². The van der Waals surface area contributed by atoms with Gasteiger partial charge in [0, 0.05) is 12.8 Å². The number of likely N-dealkylation sites (N-methyl/N-ethyl adjacent to an activating group) is 1. The molecule has 9 heteroatoms. The van der Waals surface area contributed by atoms with Crippen LogP contribution >= 0.6 is 0 Å². The van der Waals surface area contributed by atoms with Crippen molar-refractivity contribution in [3.63, 3.8) is 0 Å². The molecule has 0 rings (SSSR count). The van der Waals surface area contributed by atoms with Crippen LogP contribution in [0.25, 0.3) is 0 Å². The molecule has 0 heterocycles. The number of carboxylic acid groups (broad SMARTS) is 1. The molecule has 0 N–H and O–H groups in total. The molecule has 0 aliphatic rings. The fraction of sp³-hybridized carbons (Fsp3) is 0.635. The lowest BCUT2D eigenvalue weighted by Crippen LogP contribution is -2.44. The minimum absolute atomic E-state index is 0.138. The van der Waals surface area contributed by atoms with Crippen LogP contribution in [0.4, 0.5) is 0 Å². The molecule has 2 atom stereocenters. The van der Waals surface area contributed by atoms with E-state index in [1.807, 2.05) is 21.1 Å². The summed E-state index contributed by atoms with van der Waals surface area (Å²) in [7, 11) is 5.90. The molecular weight excluding hydrogens is 899 g/mol. The Bertz CT molecular complexity index is 1590. The summed E-state index contributed by atoms with van der Waals surface area (Å²) < 4.78 is 22.6. The first kappa shape index (κ1) is 67.7. The number of carboxylic acids is 1. The molecule has 9 nitrogen and oxygen atoms in total. The lowest BCUT2D eigenvalue weighted by molar-refractivity contribution is -0.870. The van der Waals surface area contributed by atoms with Crippen LogP contribution in [0.3, 0.4) is 0 Å². The van der Waals surface area contributed by atoms with Gasteiger partial charge in [0.1, 0.15) is 13.2 Å². The first-order valence-electron chi connectivity index (χ1n) is 28.2. The smallest absolute Gasteiger partial charge is 0.306 e. The van der Waals surface area contributed by atoms with Crippen molar-refractivity contribution in [3.8, 4) is 0 Å². The maximum atomic E-state index is 12.8. The average molecular weight is 1000 g/mol. The number of hydrogen-bond acceptors (Lipinski definition) is 8. The highest BCUT2D eigenvalue weighted by Crippen LogP contribution is 2.13. The molecular formula is C63H103NO8. The van der Waals surface area contributed by atoms with Gasteiger partial charge in [-0.25, -0.2) is 0 Å². The van der Waals surface area contributed by atoms with Crippen LogP contribution in [-0.4, -0.2) is 82.3 Å².